The zero-order valence-electron chi connectivity index (χ0n) is 10.3. The standard InChI is InChI=1S/C12H11BrClN3O2/c1-16(2)17-11(18)9(10(14)15-12(17)19)7-4-3-5-8(13)6-7/h3-6H,1-2H3,(H,15,19). The molecule has 0 saturated carbocycles. The molecule has 1 aromatic carbocycles. The Morgan fingerprint density at radius 2 is 2.00 bits per heavy atom. The van der Waals surface area contributed by atoms with E-state index in [4.69, 9.17) is 11.6 Å². The number of aromatic nitrogens is 2. The van der Waals surface area contributed by atoms with Crippen LogP contribution in [-0.2, 0) is 0 Å². The summed E-state index contributed by atoms with van der Waals surface area (Å²) in [6, 6.07) is 7.15. The van der Waals surface area contributed by atoms with Gasteiger partial charge in [-0.3, -0.25) is 9.78 Å². The maximum absolute atomic E-state index is 12.4. The summed E-state index contributed by atoms with van der Waals surface area (Å²) in [6.07, 6.45) is 0. The van der Waals surface area contributed by atoms with Gasteiger partial charge in [0.15, 0.2) is 0 Å². The highest BCUT2D eigenvalue weighted by Gasteiger charge is 2.15. The third-order valence-electron chi connectivity index (χ3n) is 2.55. The van der Waals surface area contributed by atoms with Gasteiger partial charge in [0.05, 0.1) is 5.56 Å². The zero-order valence-corrected chi connectivity index (χ0v) is 12.6. The molecule has 0 aliphatic rings. The molecule has 0 fully saturated rings. The molecule has 0 aliphatic carbocycles. The SMILES string of the molecule is CN(C)n1c(=O)[nH]c(Cl)c(-c2cccc(Br)c2)c1=O. The summed E-state index contributed by atoms with van der Waals surface area (Å²) in [7, 11) is 3.21. The fraction of sp³-hybridized carbons (Fsp3) is 0.167. The molecule has 5 nitrogen and oxygen atoms in total. The number of nitrogens with one attached hydrogen (secondary N) is 1. The van der Waals surface area contributed by atoms with Crippen LogP contribution in [0.4, 0.5) is 0 Å². The van der Waals surface area contributed by atoms with E-state index in [2.05, 4.69) is 20.9 Å². The predicted molar refractivity (Wildman–Crippen MR) is 79.5 cm³/mol. The average molecular weight is 345 g/mol. The Bertz CT molecular complexity index is 736. The summed E-state index contributed by atoms with van der Waals surface area (Å²) in [5.41, 5.74) is -0.136. The van der Waals surface area contributed by atoms with Crippen LogP contribution in [-0.4, -0.2) is 23.8 Å². The van der Waals surface area contributed by atoms with Crippen molar-refractivity contribution in [2.45, 2.75) is 0 Å². The minimum absolute atomic E-state index is 0.0335. The highest BCUT2D eigenvalue weighted by molar-refractivity contribution is 9.10. The van der Waals surface area contributed by atoms with Crippen molar-refractivity contribution >= 4 is 27.5 Å². The maximum atomic E-state index is 12.4. The van der Waals surface area contributed by atoms with Crippen molar-refractivity contribution in [2.24, 2.45) is 0 Å². The molecule has 0 radical (unpaired) electrons. The number of rotatable bonds is 2. The number of aromatic amines is 1. The molecule has 1 N–H and O–H groups in total. The van der Waals surface area contributed by atoms with E-state index < -0.39 is 11.2 Å². The molecule has 0 amide bonds. The molecule has 100 valence electrons. The number of halogens is 2. The molecule has 2 aromatic rings. The van der Waals surface area contributed by atoms with Crippen molar-refractivity contribution < 1.29 is 0 Å². The minimum Gasteiger partial charge on any atom is -0.312 e. The number of nitrogens with zero attached hydrogens (tertiary/aromatic N) is 2. The van der Waals surface area contributed by atoms with Crippen LogP contribution < -0.4 is 16.3 Å². The molecule has 7 heteroatoms. The highest BCUT2D eigenvalue weighted by atomic mass is 79.9. The normalized spacial score (nSPS) is 10.5. The molecule has 0 bridgehead atoms. The second kappa shape index (κ2) is 5.22. The average Bonchev–Trinajstić information content (AvgIpc) is 2.27. The summed E-state index contributed by atoms with van der Waals surface area (Å²) < 4.78 is 1.81. The zero-order chi connectivity index (χ0) is 14.2. The van der Waals surface area contributed by atoms with E-state index in [9.17, 15) is 9.59 Å². The Kier molecular flexibility index (Phi) is 3.82. The Hall–Kier alpha value is -1.53. The summed E-state index contributed by atoms with van der Waals surface area (Å²) in [5.74, 6) is 0. The Morgan fingerprint density at radius 1 is 1.32 bits per heavy atom. The van der Waals surface area contributed by atoms with Gasteiger partial charge in [0.25, 0.3) is 5.56 Å². The van der Waals surface area contributed by atoms with Crippen LogP contribution in [0.1, 0.15) is 0 Å². The molecular weight excluding hydrogens is 334 g/mol. The quantitative estimate of drug-likeness (QED) is 0.846. The lowest BCUT2D eigenvalue weighted by molar-refractivity contribution is 0.654. The largest absolute Gasteiger partial charge is 0.348 e. The lowest BCUT2D eigenvalue weighted by Gasteiger charge is -2.16. The molecule has 0 aliphatic heterocycles. The van der Waals surface area contributed by atoms with Gasteiger partial charge in [-0.25, -0.2) is 4.79 Å². The van der Waals surface area contributed by atoms with Gasteiger partial charge in [-0.2, -0.15) is 4.68 Å². The van der Waals surface area contributed by atoms with Gasteiger partial charge < -0.3 is 5.01 Å². The summed E-state index contributed by atoms with van der Waals surface area (Å²) in [5, 5.41) is 1.44. The first-order chi connectivity index (χ1) is 8.91. The monoisotopic (exact) mass is 343 g/mol. The second-order valence-electron chi connectivity index (χ2n) is 4.09. The topological polar surface area (TPSA) is 58.1 Å². The lowest BCUT2D eigenvalue weighted by Crippen LogP contribution is -2.47. The number of hydrogen-bond acceptors (Lipinski definition) is 3. The Balaban J connectivity index is 2.82. The van der Waals surface area contributed by atoms with E-state index in [-0.39, 0.29) is 10.7 Å². The Morgan fingerprint density at radius 3 is 2.58 bits per heavy atom. The van der Waals surface area contributed by atoms with Crippen molar-refractivity contribution in [1.29, 1.82) is 0 Å². The number of benzene rings is 1. The predicted octanol–water partition coefficient (Wildman–Crippen LogP) is 1.82. The molecule has 0 spiro atoms. The maximum Gasteiger partial charge on any atom is 0.348 e. The van der Waals surface area contributed by atoms with Gasteiger partial charge in [0, 0.05) is 18.6 Å². The van der Waals surface area contributed by atoms with Crippen LogP contribution in [0.15, 0.2) is 38.3 Å². The van der Waals surface area contributed by atoms with E-state index in [1.807, 2.05) is 6.07 Å². The van der Waals surface area contributed by atoms with Crippen molar-refractivity contribution in [2.75, 3.05) is 19.1 Å². The third kappa shape index (κ3) is 2.59. The first-order valence-electron chi connectivity index (χ1n) is 5.40. The van der Waals surface area contributed by atoms with Gasteiger partial charge in [-0.15, -0.1) is 0 Å². The van der Waals surface area contributed by atoms with Crippen molar-refractivity contribution in [3.05, 3.63) is 54.7 Å². The molecule has 2 rings (SSSR count). The molecule has 1 aromatic heterocycles. The molecule has 1 heterocycles. The number of H-pyrrole nitrogens is 1. The van der Waals surface area contributed by atoms with Crippen LogP contribution in [0.5, 0.6) is 0 Å². The van der Waals surface area contributed by atoms with Crippen LogP contribution in [0, 0.1) is 0 Å². The van der Waals surface area contributed by atoms with Crippen LogP contribution in [0.3, 0.4) is 0 Å². The van der Waals surface area contributed by atoms with Crippen LogP contribution in [0.25, 0.3) is 11.1 Å². The van der Waals surface area contributed by atoms with Gasteiger partial charge in [-0.05, 0) is 17.7 Å². The van der Waals surface area contributed by atoms with E-state index in [1.165, 1.54) is 5.01 Å². The van der Waals surface area contributed by atoms with Crippen LogP contribution in [0.2, 0.25) is 5.15 Å². The summed E-state index contributed by atoms with van der Waals surface area (Å²) in [6.45, 7) is 0. The molecule has 0 unspecified atom stereocenters. The van der Waals surface area contributed by atoms with Crippen molar-refractivity contribution in [3.63, 3.8) is 0 Å². The van der Waals surface area contributed by atoms with E-state index in [0.29, 0.717) is 5.56 Å². The van der Waals surface area contributed by atoms with Gasteiger partial charge in [0.2, 0.25) is 0 Å². The van der Waals surface area contributed by atoms with Crippen LogP contribution >= 0.6 is 27.5 Å². The molecule has 19 heavy (non-hydrogen) atoms. The second-order valence-corrected chi connectivity index (χ2v) is 5.39. The van der Waals surface area contributed by atoms with E-state index in [1.54, 1.807) is 32.3 Å². The fourth-order valence-electron chi connectivity index (χ4n) is 1.76. The number of hydrogen-bond donors (Lipinski definition) is 1. The lowest BCUT2D eigenvalue weighted by atomic mass is 10.1. The van der Waals surface area contributed by atoms with Crippen molar-refractivity contribution in [3.8, 4) is 11.1 Å². The molecule has 0 atom stereocenters. The van der Waals surface area contributed by atoms with Crippen molar-refractivity contribution in [1.82, 2.24) is 9.66 Å². The van der Waals surface area contributed by atoms with Gasteiger partial charge in [0.1, 0.15) is 5.15 Å². The van der Waals surface area contributed by atoms with Gasteiger partial charge in [-0.1, -0.05) is 39.7 Å². The summed E-state index contributed by atoms with van der Waals surface area (Å²) in [4.78, 5) is 26.6. The highest BCUT2D eigenvalue weighted by Crippen LogP contribution is 2.24. The first kappa shape index (κ1) is 13.9. The summed E-state index contributed by atoms with van der Waals surface area (Å²) >= 11 is 9.33. The first-order valence-corrected chi connectivity index (χ1v) is 6.57. The Labute approximate surface area is 122 Å². The molecular formula is C12H11BrClN3O2. The molecule has 0 saturated heterocycles. The van der Waals surface area contributed by atoms with E-state index in [0.717, 1.165) is 9.15 Å². The van der Waals surface area contributed by atoms with E-state index >= 15 is 0 Å². The van der Waals surface area contributed by atoms with Gasteiger partial charge >= 0.3 is 5.69 Å². The smallest absolute Gasteiger partial charge is 0.312 e. The minimum atomic E-state index is -0.571. The third-order valence-corrected chi connectivity index (χ3v) is 3.32. The fourth-order valence-corrected chi connectivity index (χ4v) is 2.43.